The zero-order valence-electron chi connectivity index (χ0n) is 14.9. The van der Waals surface area contributed by atoms with Crippen LogP contribution in [0, 0.1) is 6.92 Å². The summed E-state index contributed by atoms with van der Waals surface area (Å²) in [5, 5.41) is 18.6. The van der Waals surface area contributed by atoms with Gasteiger partial charge in [-0.15, -0.1) is 0 Å². The molecule has 3 rings (SSSR count). The minimum absolute atomic E-state index is 0.318. The standard InChI is InChI=1S/C18H22N4O3/c1-5-25-17(23)15-10-19-21-7-6-13(8-16(15)21)14-9-20-22(12(14)2)11-18(3,4)24/h6-10,24H,5,11H2,1-4H3. The Labute approximate surface area is 145 Å². The Kier molecular flexibility index (Phi) is 4.34. The van der Waals surface area contributed by atoms with Gasteiger partial charge in [-0.3, -0.25) is 4.68 Å². The topological polar surface area (TPSA) is 81.6 Å². The lowest BCUT2D eigenvalue weighted by Crippen LogP contribution is -2.27. The Bertz CT molecular complexity index is 918. The number of aliphatic hydroxyl groups is 1. The Morgan fingerprint density at radius 2 is 2.08 bits per heavy atom. The molecule has 0 aliphatic heterocycles. The van der Waals surface area contributed by atoms with E-state index in [0.717, 1.165) is 16.8 Å². The molecule has 0 atom stereocenters. The first-order valence-electron chi connectivity index (χ1n) is 8.20. The summed E-state index contributed by atoms with van der Waals surface area (Å²) in [5.74, 6) is -0.385. The van der Waals surface area contributed by atoms with E-state index in [1.54, 1.807) is 42.4 Å². The molecule has 0 unspecified atom stereocenters. The average Bonchev–Trinajstić information content (AvgIpc) is 3.10. The zero-order valence-corrected chi connectivity index (χ0v) is 14.9. The van der Waals surface area contributed by atoms with Crippen LogP contribution in [-0.4, -0.2) is 42.7 Å². The molecule has 0 amide bonds. The Hall–Kier alpha value is -2.67. The average molecular weight is 342 g/mol. The van der Waals surface area contributed by atoms with E-state index in [2.05, 4.69) is 10.2 Å². The quantitative estimate of drug-likeness (QED) is 0.720. The molecule has 7 nitrogen and oxygen atoms in total. The highest BCUT2D eigenvalue weighted by molar-refractivity contribution is 5.97. The van der Waals surface area contributed by atoms with Gasteiger partial charge in [-0.25, -0.2) is 9.31 Å². The first-order chi connectivity index (χ1) is 11.8. The molecule has 3 aromatic heterocycles. The summed E-state index contributed by atoms with van der Waals surface area (Å²) in [6.45, 7) is 7.95. The van der Waals surface area contributed by atoms with Crippen LogP contribution < -0.4 is 0 Å². The number of hydrogen-bond donors (Lipinski definition) is 1. The fourth-order valence-electron chi connectivity index (χ4n) is 2.77. The van der Waals surface area contributed by atoms with E-state index < -0.39 is 5.60 Å². The summed E-state index contributed by atoms with van der Waals surface area (Å²) < 4.78 is 8.51. The number of nitrogens with zero attached hydrogens (tertiary/aromatic N) is 4. The van der Waals surface area contributed by atoms with E-state index in [-0.39, 0.29) is 5.97 Å². The molecule has 0 spiro atoms. The fourth-order valence-corrected chi connectivity index (χ4v) is 2.77. The van der Waals surface area contributed by atoms with Gasteiger partial charge < -0.3 is 9.84 Å². The predicted molar refractivity (Wildman–Crippen MR) is 93.4 cm³/mol. The first kappa shape index (κ1) is 17.2. The van der Waals surface area contributed by atoms with Crippen LogP contribution in [0.4, 0.5) is 0 Å². The van der Waals surface area contributed by atoms with Gasteiger partial charge in [0.15, 0.2) is 0 Å². The third-order valence-electron chi connectivity index (χ3n) is 3.97. The molecule has 132 valence electrons. The van der Waals surface area contributed by atoms with E-state index in [1.807, 2.05) is 19.1 Å². The summed E-state index contributed by atoms with van der Waals surface area (Å²) >= 11 is 0. The van der Waals surface area contributed by atoms with Crippen molar-refractivity contribution in [2.24, 2.45) is 0 Å². The molecule has 1 N–H and O–H groups in total. The maximum absolute atomic E-state index is 12.1. The maximum Gasteiger partial charge on any atom is 0.341 e. The minimum Gasteiger partial charge on any atom is -0.462 e. The summed E-state index contributed by atoms with van der Waals surface area (Å²) in [6.07, 6.45) is 5.09. The molecule has 0 aliphatic carbocycles. The van der Waals surface area contributed by atoms with Crippen LogP contribution in [0.1, 0.15) is 36.8 Å². The lowest BCUT2D eigenvalue weighted by molar-refractivity contribution is 0.0527. The third kappa shape index (κ3) is 3.41. The second-order valence-electron chi connectivity index (χ2n) is 6.64. The lowest BCUT2D eigenvalue weighted by Gasteiger charge is -2.18. The predicted octanol–water partition coefficient (Wildman–Crippen LogP) is 2.45. The molecule has 7 heteroatoms. The smallest absolute Gasteiger partial charge is 0.341 e. The summed E-state index contributed by atoms with van der Waals surface area (Å²) in [4.78, 5) is 12.1. The zero-order chi connectivity index (χ0) is 18.2. The second-order valence-corrected chi connectivity index (χ2v) is 6.64. The van der Waals surface area contributed by atoms with Gasteiger partial charge in [-0.2, -0.15) is 10.2 Å². The number of aromatic nitrogens is 4. The third-order valence-corrected chi connectivity index (χ3v) is 3.97. The van der Waals surface area contributed by atoms with Gasteiger partial charge in [0.1, 0.15) is 5.56 Å². The number of hydrogen-bond acceptors (Lipinski definition) is 5. The molecule has 0 saturated heterocycles. The number of carbonyl (C=O) groups excluding carboxylic acids is 1. The van der Waals surface area contributed by atoms with Crippen LogP contribution in [0.15, 0.2) is 30.7 Å². The molecular weight excluding hydrogens is 320 g/mol. The molecular formula is C18H22N4O3. The van der Waals surface area contributed by atoms with Crippen molar-refractivity contribution in [1.29, 1.82) is 0 Å². The molecule has 0 aromatic carbocycles. The molecule has 0 fully saturated rings. The Morgan fingerprint density at radius 1 is 1.32 bits per heavy atom. The SMILES string of the molecule is CCOC(=O)c1cnn2ccc(-c3cnn(CC(C)(C)O)c3C)cc12. The van der Waals surface area contributed by atoms with E-state index in [0.29, 0.717) is 24.2 Å². The van der Waals surface area contributed by atoms with Gasteiger partial charge in [-0.1, -0.05) is 0 Å². The van der Waals surface area contributed by atoms with Crippen molar-refractivity contribution in [2.75, 3.05) is 6.61 Å². The van der Waals surface area contributed by atoms with Crippen LogP contribution in [0.3, 0.4) is 0 Å². The van der Waals surface area contributed by atoms with Crippen molar-refractivity contribution in [3.8, 4) is 11.1 Å². The van der Waals surface area contributed by atoms with Crippen LogP contribution in [-0.2, 0) is 11.3 Å². The molecule has 3 aromatic rings. The minimum atomic E-state index is -0.847. The highest BCUT2D eigenvalue weighted by Gasteiger charge is 2.19. The maximum atomic E-state index is 12.1. The van der Waals surface area contributed by atoms with Gasteiger partial charge in [0, 0.05) is 17.5 Å². The van der Waals surface area contributed by atoms with Gasteiger partial charge in [0.2, 0.25) is 0 Å². The van der Waals surface area contributed by atoms with Gasteiger partial charge in [0.05, 0.1) is 36.7 Å². The van der Waals surface area contributed by atoms with E-state index in [4.69, 9.17) is 4.74 Å². The van der Waals surface area contributed by atoms with Gasteiger partial charge in [0.25, 0.3) is 0 Å². The molecule has 0 bridgehead atoms. The highest BCUT2D eigenvalue weighted by atomic mass is 16.5. The van der Waals surface area contributed by atoms with E-state index >= 15 is 0 Å². The van der Waals surface area contributed by atoms with Gasteiger partial charge >= 0.3 is 5.97 Å². The second kappa shape index (κ2) is 6.33. The largest absolute Gasteiger partial charge is 0.462 e. The van der Waals surface area contributed by atoms with Crippen molar-refractivity contribution >= 4 is 11.5 Å². The van der Waals surface area contributed by atoms with Crippen molar-refractivity contribution in [3.05, 3.63) is 42.0 Å². The van der Waals surface area contributed by atoms with Crippen LogP contribution in [0.2, 0.25) is 0 Å². The van der Waals surface area contributed by atoms with Crippen molar-refractivity contribution < 1.29 is 14.6 Å². The monoisotopic (exact) mass is 342 g/mol. The summed E-state index contributed by atoms with van der Waals surface area (Å²) in [6, 6.07) is 3.82. The van der Waals surface area contributed by atoms with Crippen molar-refractivity contribution in [1.82, 2.24) is 19.4 Å². The summed E-state index contributed by atoms with van der Waals surface area (Å²) in [7, 11) is 0. The van der Waals surface area contributed by atoms with Crippen molar-refractivity contribution in [2.45, 2.75) is 39.8 Å². The highest BCUT2D eigenvalue weighted by Crippen LogP contribution is 2.26. The van der Waals surface area contributed by atoms with Crippen LogP contribution in [0.5, 0.6) is 0 Å². The van der Waals surface area contributed by atoms with Crippen molar-refractivity contribution in [3.63, 3.8) is 0 Å². The molecule has 0 radical (unpaired) electrons. The van der Waals surface area contributed by atoms with E-state index in [9.17, 15) is 9.90 Å². The molecule has 25 heavy (non-hydrogen) atoms. The molecule has 3 heterocycles. The number of pyridine rings is 1. The molecule has 0 saturated carbocycles. The van der Waals surface area contributed by atoms with Crippen LogP contribution >= 0.6 is 0 Å². The summed E-state index contributed by atoms with van der Waals surface area (Å²) in [5.41, 5.74) is 3.10. The Balaban J connectivity index is 2.02. The number of fused-ring (bicyclic) bond motifs is 1. The first-order valence-corrected chi connectivity index (χ1v) is 8.20. The number of rotatable bonds is 5. The van der Waals surface area contributed by atoms with Gasteiger partial charge in [-0.05, 0) is 45.4 Å². The fraction of sp³-hybridized carbons (Fsp3) is 0.389. The number of ether oxygens (including phenoxy) is 1. The normalized spacial score (nSPS) is 11.9. The number of carbonyl (C=O) groups is 1. The number of esters is 1. The Morgan fingerprint density at radius 3 is 2.76 bits per heavy atom. The lowest BCUT2D eigenvalue weighted by atomic mass is 10.1. The molecule has 0 aliphatic rings. The van der Waals surface area contributed by atoms with E-state index in [1.165, 1.54) is 6.20 Å². The van der Waals surface area contributed by atoms with Crippen LogP contribution in [0.25, 0.3) is 16.6 Å².